The van der Waals surface area contributed by atoms with Gasteiger partial charge >= 0.3 is 0 Å². The van der Waals surface area contributed by atoms with Crippen molar-refractivity contribution in [2.45, 2.75) is 4.90 Å². The molecule has 0 unspecified atom stereocenters. The molecule has 1 heterocycles. The Labute approximate surface area is 227 Å². The van der Waals surface area contributed by atoms with Crippen molar-refractivity contribution < 1.29 is 18.8 Å². The number of ketones is 1. The maximum Gasteiger partial charge on any atom is 0.272 e. The van der Waals surface area contributed by atoms with Crippen LogP contribution in [0.3, 0.4) is 0 Å². The molecule has 0 aliphatic heterocycles. The van der Waals surface area contributed by atoms with Crippen LogP contribution >= 0.6 is 35.0 Å². The SMILES string of the molecule is O=C(Nc1ccc(SCC(=O)c2ccc(Cl)cc2Cl)cc1)/C(=C/c1ccco1)NC(=O)c1ccccc1. The molecule has 6 nitrogen and oxygen atoms in total. The van der Waals surface area contributed by atoms with Crippen molar-refractivity contribution in [3.8, 4) is 0 Å². The van der Waals surface area contributed by atoms with E-state index in [0.29, 0.717) is 32.6 Å². The molecule has 0 bridgehead atoms. The summed E-state index contributed by atoms with van der Waals surface area (Å²) in [6.07, 6.45) is 2.93. The highest BCUT2D eigenvalue weighted by atomic mass is 35.5. The van der Waals surface area contributed by atoms with Crippen LogP contribution in [0.25, 0.3) is 6.08 Å². The lowest BCUT2D eigenvalue weighted by molar-refractivity contribution is -0.113. The van der Waals surface area contributed by atoms with E-state index in [1.807, 2.05) is 0 Å². The highest BCUT2D eigenvalue weighted by molar-refractivity contribution is 8.00. The molecule has 2 amide bonds. The first-order valence-corrected chi connectivity index (χ1v) is 12.8. The monoisotopic (exact) mass is 550 g/mol. The number of rotatable bonds is 9. The molecule has 0 saturated heterocycles. The normalized spacial score (nSPS) is 11.1. The number of thioether (sulfide) groups is 1. The van der Waals surface area contributed by atoms with Crippen LogP contribution in [0.15, 0.2) is 106 Å². The third-order valence-corrected chi connectivity index (χ3v) is 6.63. The van der Waals surface area contributed by atoms with E-state index in [-0.39, 0.29) is 17.2 Å². The highest BCUT2D eigenvalue weighted by Gasteiger charge is 2.16. The zero-order chi connectivity index (χ0) is 26.2. The second-order valence-electron chi connectivity index (χ2n) is 7.71. The van der Waals surface area contributed by atoms with Crippen LogP contribution in [0.2, 0.25) is 10.0 Å². The number of furan rings is 1. The van der Waals surface area contributed by atoms with Gasteiger partial charge in [-0.2, -0.15) is 0 Å². The number of halogens is 2. The van der Waals surface area contributed by atoms with Crippen molar-refractivity contribution in [1.29, 1.82) is 0 Å². The number of amides is 2. The van der Waals surface area contributed by atoms with Crippen molar-refractivity contribution >= 4 is 64.3 Å². The molecule has 0 aliphatic carbocycles. The lowest BCUT2D eigenvalue weighted by Gasteiger charge is -2.11. The van der Waals surface area contributed by atoms with Gasteiger partial charge in [0.2, 0.25) is 0 Å². The van der Waals surface area contributed by atoms with Gasteiger partial charge in [-0.25, -0.2) is 0 Å². The number of carbonyl (C=O) groups is 3. The maximum atomic E-state index is 13.0. The molecule has 37 heavy (non-hydrogen) atoms. The molecule has 0 atom stereocenters. The van der Waals surface area contributed by atoms with E-state index in [4.69, 9.17) is 27.6 Å². The van der Waals surface area contributed by atoms with Gasteiger partial charge in [-0.1, -0.05) is 41.4 Å². The van der Waals surface area contributed by atoms with Crippen molar-refractivity contribution in [1.82, 2.24) is 5.32 Å². The summed E-state index contributed by atoms with van der Waals surface area (Å²) in [5, 5.41) is 6.20. The molecule has 186 valence electrons. The van der Waals surface area contributed by atoms with E-state index in [0.717, 1.165) is 4.90 Å². The molecule has 0 radical (unpaired) electrons. The summed E-state index contributed by atoms with van der Waals surface area (Å²) in [6.45, 7) is 0. The minimum absolute atomic E-state index is 0.0210. The second kappa shape index (κ2) is 12.5. The van der Waals surface area contributed by atoms with Gasteiger partial charge in [0, 0.05) is 32.8 Å². The molecule has 1 aromatic heterocycles. The molecule has 2 N–H and O–H groups in total. The van der Waals surface area contributed by atoms with E-state index in [1.54, 1.807) is 78.9 Å². The Morgan fingerprint density at radius 1 is 0.892 bits per heavy atom. The predicted molar refractivity (Wildman–Crippen MR) is 147 cm³/mol. The highest BCUT2D eigenvalue weighted by Crippen LogP contribution is 2.25. The fraction of sp³-hybridized carbons (Fsp3) is 0.0357. The first-order valence-electron chi connectivity index (χ1n) is 11.0. The lowest BCUT2D eigenvalue weighted by Crippen LogP contribution is -2.30. The number of anilines is 1. The Hall–Kier alpha value is -3.78. The first kappa shape index (κ1) is 26.3. The topological polar surface area (TPSA) is 88.4 Å². The van der Waals surface area contributed by atoms with Gasteiger partial charge in [0.1, 0.15) is 11.5 Å². The van der Waals surface area contributed by atoms with Crippen LogP contribution in [0, 0.1) is 0 Å². The Morgan fingerprint density at radius 3 is 2.32 bits per heavy atom. The number of hydrogen-bond donors (Lipinski definition) is 2. The summed E-state index contributed by atoms with van der Waals surface area (Å²) in [5.41, 5.74) is 1.36. The summed E-state index contributed by atoms with van der Waals surface area (Å²) >= 11 is 13.4. The largest absolute Gasteiger partial charge is 0.465 e. The molecular weight excluding hydrogens is 531 g/mol. The first-order chi connectivity index (χ1) is 17.9. The maximum absolute atomic E-state index is 13.0. The Morgan fingerprint density at radius 2 is 1.65 bits per heavy atom. The molecule has 0 spiro atoms. The van der Waals surface area contributed by atoms with Crippen molar-refractivity contribution in [2.24, 2.45) is 0 Å². The molecule has 4 aromatic rings. The predicted octanol–water partition coefficient (Wildman–Crippen LogP) is 6.97. The second-order valence-corrected chi connectivity index (χ2v) is 9.60. The summed E-state index contributed by atoms with van der Waals surface area (Å²) < 4.78 is 5.31. The average Bonchev–Trinajstić information content (AvgIpc) is 3.41. The third-order valence-electron chi connectivity index (χ3n) is 5.07. The van der Waals surface area contributed by atoms with Crippen LogP contribution in [-0.4, -0.2) is 23.4 Å². The van der Waals surface area contributed by atoms with Gasteiger partial charge in [0.05, 0.1) is 17.0 Å². The molecule has 0 fully saturated rings. The quantitative estimate of drug-likeness (QED) is 0.133. The minimum atomic E-state index is -0.520. The van der Waals surface area contributed by atoms with E-state index >= 15 is 0 Å². The lowest BCUT2D eigenvalue weighted by atomic mass is 10.1. The van der Waals surface area contributed by atoms with Gasteiger partial charge in [-0.15, -0.1) is 11.8 Å². The Bertz CT molecular complexity index is 1440. The summed E-state index contributed by atoms with van der Waals surface area (Å²) in [5.74, 6) is -0.463. The third kappa shape index (κ3) is 7.36. The Balaban J connectivity index is 1.40. The van der Waals surface area contributed by atoms with Crippen LogP contribution < -0.4 is 10.6 Å². The van der Waals surface area contributed by atoms with Crippen LogP contribution in [-0.2, 0) is 4.79 Å². The smallest absolute Gasteiger partial charge is 0.272 e. The number of hydrogen-bond acceptors (Lipinski definition) is 5. The zero-order valence-corrected chi connectivity index (χ0v) is 21.6. The number of Topliss-reactive ketones (excluding diaryl/α,β-unsaturated/α-hetero) is 1. The minimum Gasteiger partial charge on any atom is -0.465 e. The summed E-state index contributed by atoms with van der Waals surface area (Å²) in [4.78, 5) is 39.0. The molecule has 3 aromatic carbocycles. The van der Waals surface area contributed by atoms with Gasteiger partial charge in [-0.3, -0.25) is 14.4 Å². The Kier molecular flexibility index (Phi) is 8.85. The van der Waals surface area contributed by atoms with Crippen molar-refractivity contribution in [3.05, 3.63) is 124 Å². The molecule has 9 heteroatoms. The van der Waals surface area contributed by atoms with Gasteiger partial charge in [0.15, 0.2) is 5.78 Å². The molecule has 0 aliphatic rings. The van der Waals surface area contributed by atoms with Crippen LogP contribution in [0.4, 0.5) is 5.69 Å². The molecular formula is C28H20Cl2N2O4S. The van der Waals surface area contributed by atoms with Crippen LogP contribution in [0.5, 0.6) is 0 Å². The van der Waals surface area contributed by atoms with Crippen molar-refractivity contribution in [2.75, 3.05) is 11.1 Å². The summed E-state index contributed by atoms with van der Waals surface area (Å²) in [7, 11) is 0. The zero-order valence-electron chi connectivity index (χ0n) is 19.2. The number of carbonyl (C=O) groups excluding carboxylic acids is 3. The molecule has 4 rings (SSSR count). The van der Waals surface area contributed by atoms with Gasteiger partial charge in [-0.05, 0) is 66.7 Å². The van der Waals surface area contributed by atoms with E-state index in [1.165, 1.54) is 30.2 Å². The molecule has 0 saturated carbocycles. The average molecular weight is 551 g/mol. The van der Waals surface area contributed by atoms with E-state index in [2.05, 4.69) is 10.6 Å². The van der Waals surface area contributed by atoms with Crippen molar-refractivity contribution in [3.63, 3.8) is 0 Å². The number of nitrogens with one attached hydrogen (secondary N) is 2. The van der Waals surface area contributed by atoms with E-state index in [9.17, 15) is 14.4 Å². The fourth-order valence-electron chi connectivity index (χ4n) is 3.23. The van der Waals surface area contributed by atoms with Gasteiger partial charge < -0.3 is 15.1 Å². The van der Waals surface area contributed by atoms with Crippen LogP contribution in [0.1, 0.15) is 26.5 Å². The van der Waals surface area contributed by atoms with E-state index < -0.39 is 11.8 Å². The number of benzene rings is 3. The summed E-state index contributed by atoms with van der Waals surface area (Å²) in [6, 6.07) is 23.7. The van der Waals surface area contributed by atoms with Gasteiger partial charge in [0.25, 0.3) is 11.8 Å². The standard InChI is InChI=1S/C28H20Cl2N2O4S/c29-19-8-13-23(24(30)15-19)26(33)17-37-22-11-9-20(10-12-22)31-28(35)25(16-21-7-4-14-36-21)32-27(34)18-5-2-1-3-6-18/h1-16H,17H2,(H,31,35)(H,32,34)/b25-16-. The fourth-order valence-corrected chi connectivity index (χ4v) is 4.53.